The highest BCUT2D eigenvalue weighted by Gasteiger charge is 2.21. The number of nitrogens with zero attached hydrogens (tertiary/aromatic N) is 3. The van der Waals surface area contributed by atoms with Gasteiger partial charge in [0.05, 0.1) is 12.3 Å². The third-order valence-electron chi connectivity index (χ3n) is 5.09. The van der Waals surface area contributed by atoms with Gasteiger partial charge in [0.15, 0.2) is 0 Å². The van der Waals surface area contributed by atoms with Crippen LogP contribution in [0.25, 0.3) is 11.1 Å². The first-order chi connectivity index (χ1) is 15.9. The number of halogens is 1. The van der Waals surface area contributed by atoms with Gasteiger partial charge >= 0.3 is 17.7 Å². The molecule has 1 fully saturated rings. The average Bonchev–Trinajstić information content (AvgIpc) is 2.77. The largest absolute Gasteiger partial charge is 0.450 e. The molecule has 1 saturated heterocycles. The number of H-pyrrole nitrogens is 1. The Morgan fingerprint density at radius 1 is 1.27 bits per heavy atom. The van der Waals surface area contributed by atoms with Gasteiger partial charge in [-0.25, -0.2) is 14.0 Å². The van der Waals surface area contributed by atoms with E-state index in [9.17, 15) is 18.8 Å². The summed E-state index contributed by atoms with van der Waals surface area (Å²) in [5, 5.41) is 4.08. The van der Waals surface area contributed by atoms with Crippen molar-refractivity contribution < 1.29 is 23.2 Å². The number of ether oxygens (including phenoxy) is 1. The second kappa shape index (κ2) is 9.63. The number of benzene rings is 1. The second-order valence-corrected chi connectivity index (χ2v) is 7.38. The Kier molecular flexibility index (Phi) is 6.48. The first kappa shape index (κ1) is 22.2. The van der Waals surface area contributed by atoms with Crippen LogP contribution in [0.3, 0.4) is 0 Å². The first-order valence-corrected chi connectivity index (χ1v) is 10.4. The predicted octanol–water partition coefficient (Wildman–Crippen LogP) is 2.59. The van der Waals surface area contributed by atoms with Gasteiger partial charge in [-0.05, 0) is 36.6 Å². The molecule has 1 aliphatic rings. The van der Waals surface area contributed by atoms with Crippen LogP contribution >= 0.6 is 0 Å². The van der Waals surface area contributed by atoms with Crippen molar-refractivity contribution in [3.05, 3.63) is 68.0 Å². The van der Waals surface area contributed by atoms with E-state index in [-0.39, 0.29) is 29.6 Å². The fourth-order valence-corrected chi connectivity index (χ4v) is 3.54. The van der Waals surface area contributed by atoms with Crippen LogP contribution in [0.1, 0.15) is 30.9 Å². The molecule has 1 amide bonds. The Labute approximate surface area is 186 Å². The van der Waals surface area contributed by atoms with E-state index in [1.807, 2.05) is 0 Å². The lowest BCUT2D eigenvalue weighted by molar-refractivity contribution is 0.107. The Bertz CT molecular complexity index is 1320. The molecule has 11 heteroatoms. The minimum atomic E-state index is -0.699. The van der Waals surface area contributed by atoms with Crippen LogP contribution in [0, 0.1) is 5.82 Å². The minimum absolute atomic E-state index is 0.0709. The maximum absolute atomic E-state index is 13.5. The highest BCUT2D eigenvalue weighted by atomic mass is 19.1. The van der Waals surface area contributed by atoms with Crippen molar-refractivity contribution in [3.8, 4) is 6.01 Å². The number of carbonyl (C=O) groups excluding carboxylic acids is 1. The number of likely N-dealkylation sites (tertiary alicyclic amines) is 1. The Hall–Kier alpha value is -4.02. The summed E-state index contributed by atoms with van der Waals surface area (Å²) in [6, 6.07) is 6.81. The Morgan fingerprint density at radius 2 is 2.06 bits per heavy atom. The number of aromatic nitrogens is 2. The lowest BCUT2D eigenvalue weighted by atomic mass is 10.0. The molecule has 4 rings (SSSR count). The van der Waals surface area contributed by atoms with Crippen LogP contribution in [0.4, 0.5) is 9.18 Å². The standard InChI is InChI=1S/C22H21FN4O6/c1-2-31-22(30)27-8-6-16(7-9-27)26-33-21-24-19(29)18-14(12-17(28)32-20(18)25-21)10-13-4-3-5-15(23)11-13/h3-5,11-12H,2,6-10H2,1H3,(H,24,25,29). The zero-order valence-corrected chi connectivity index (χ0v) is 17.8. The Balaban J connectivity index is 1.54. The highest BCUT2D eigenvalue weighted by Crippen LogP contribution is 2.18. The summed E-state index contributed by atoms with van der Waals surface area (Å²) in [5.41, 5.74) is 0.134. The van der Waals surface area contributed by atoms with Crippen LogP contribution < -0.4 is 16.0 Å². The van der Waals surface area contributed by atoms with E-state index in [1.165, 1.54) is 18.2 Å². The molecule has 1 N–H and O–H groups in total. The number of nitrogens with one attached hydrogen (secondary N) is 1. The molecule has 0 aliphatic carbocycles. The molecule has 10 nitrogen and oxygen atoms in total. The number of amides is 1. The molecule has 0 unspecified atom stereocenters. The van der Waals surface area contributed by atoms with Crippen molar-refractivity contribution in [3.63, 3.8) is 0 Å². The summed E-state index contributed by atoms with van der Waals surface area (Å²) in [5.74, 6) is -0.422. The van der Waals surface area contributed by atoms with Gasteiger partial charge in [-0.3, -0.25) is 9.78 Å². The fourth-order valence-electron chi connectivity index (χ4n) is 3.54. The quantitative estimate of drug-likeness (QED) is 0.585. The van der Waals surface area contributed by atoms with Crippen LogP contribution in [0.2, 0.25) is 0 Å². The van der Waals surface area contributed by atoms with E-state index in [2.05, 4.69) is 15.1 Å². The molecule has 2 aromatic heterocycles. The van der Waals surface area contributed by atoms with Crippen molar-refractivity contribution in [2.45, 2.75) is 26.2 Å². The van der Waals surface area contributed by atoms with Crippen molar-refractivity contribution in [2.75, 3.05) is 19.7 Å². The zero-order valence-electron chi connectivity index (χ0n) is 17.8. The van der Waals surface area contributed by atoms with E-state index in [1.54, 1.807) is 24.0 Å². The summed E-state index contributed by atoms with van der Waals surface area (Å²) in [4.78, 5) is 49.9. The number of hydrogen-bond donors (Lipinski definition) is 1. The van der Waals surface area contributed by atoms with Gasteiger partial charge in [0.1, 0.15) is 11.2 Å². The van der Waals surface area contributed by atoms with Crippen molar-refractivity contribution in [1.29, 1.82) is 0 Å². The van der Waals surface area contributed by atoms with E-state index in [0.717, 1.165) is 0 Å². The summed E-state index contributed by atoms with van der Waals surface area (Å²) in [7, 11) is 0. The molecule has 0 atom stereocenters. The number of hydrogen-bond acceptors (Lipinski definition) is 8. The first-order valence-electron chi connectivity index (χ1n) is 10.4. The van der Waals surface area contributed by atoms with E-state index < -0.39 is 17.0 Å². The lowest BCUT2D eigenvalue weighted by Crippen LogP contribution is -2.39. The number of aromatic amines is 1. The average molecular weight is 456 g/mol. The molecule has 3 aromatic rings. The molecule has 33 heavy (non-hydrogen) atoms. The van der Waals surface area contributed by atoms with Crippen molar-refractivity contribution in [2.24, 2.45) is 5.16 Å². The maximum atomic E-state index is 13.5. The molecule has 0 spiro atoms. The van der Waals surface area contributed by atoms with E-state index >= 15 is 0 Å². The SMILES string of the molecule is CCOC(=O)N1CCC(=NOc2nc3oc(=O)cc(Cc4cccc(F)c4)c3c(=O)[nH]2)CC1. The summed E-state index contributed by atoms with van der Waals surface area (Å²) >= 11 is 0. The van der Waals surface area contributed by atoms with E-state index in [0.29, 0.717) is 49.4 Å². The van der Waals surface area contributed by atoms with Crippen molar-refractivity contribution >= 4 is 22.9 Å². The molecule has 0 saturated carbocycles. The number of fused-ring (bicyclic) bond motifs is 1. The van der Waals surface area contributed by atoms with Crippen LogP contribution in [-0.4, -0.2) is 46.4 Å². The highest BCUT2D eigenvalue weighted by molar-refractivity contribution is 5.86. The minimum Gasteiger partial charge on any atom is -0.450 e. The number of rotatable bonds is 5. The van der Waals surface area contributed by atoms with Gasteiger partial charge in [0.2, 0.25) is 5.71 Å². The number of oxime groups is 1. The van der Waals surface area contributed by atoms with Gasteiger partial charge in [0, 0.05) is 32.0 Å². The molecule has 1 aliphatic heterocycles. The zero-order chi connectivity index (χ0) is 23.4. The van der Waals surface area contributed by atoms with Gasteiger partial charge in [-0.15, -0.1) is 0 Å². The molecule has 0 radical (unpaired) electrons. The monoisotopic (exact) mass is 456 g/mol. The summed E-state index contributed by atoms with van der Waals surface area (Å²) in [6.07, 6.45) is 0.721. The molecule has 0 bridgehead atoms. The van der Waals surface area contributed by atoms with E-state index in [4.69, 9.17) is 14.0 Å². The smallest absolute Gasteiger partial charge is 0.409 e. The fraction of sp³-hybridized carbons (Fsp3) is 0.318. The Morgan fingerprint density at radius 3 is 2.79 bits per heavy atom. The molecular weight excluding hydrogens is 435 g/mol. The van der Waals surface area contributed by atoms with Gasteiger partial charge in [-0.1, -0.05) is 17.3 Å². The van der Waals surface area contributed by atoms with Crippen LogP contribution in [0.5, 0.6) is 6.01 Å². The van der Waals surface area contributed by atoms with Gasteiger partial charge in [-0.2, -0.15) is 4.98 Å². The summed E-state index contributed by atoms with van der Waals surface area (Å²) in [6.45, 7) is 2.91. The molecule has 172 valence electrons. The van der Waals surface area contributed by atoms with Crippen molar-refractivity contribution in [1.82, 2.24) is 14.9 Å². The van der Waals surface area contributed by atoms with Crippen LogP contribution in [0.15, 0.2) is 49.5 Å². The number of piperidine rings is 1. The third kappa shape index (κ3) is 5.25. The maximum Gasteiger partial charge on any atom is 0.409 e. The molecular formula is C22H21FN4O6. The third-order valence-corrected chi connectivity index (χ3v) is 5.09. The predicted molar refractivity (Wildman–Crippen MR) is 116 cm³/mol. The topological polar surface area (TPSA) is 127 Å². The second-order valence-electron chi connectivity index (χ2n) is 7.38. The van der Waals surface area contributed by atoms with Gasteiger partial charge in [0.25, 0.3) is 5.56 Å². The molecule has 1 aromatic carbocycles. The van der Waals surface area contributed by atoms with Gasteiger partial charge < -0.3 is 18.9 Å². The lowest BCUT2D eigenvalue weighted by Gasteiger charge is -2.26. The molecule has 3 heterocycles. The number of carbonyl (C=O) groups is 1. The summed E-state index contributed by atoms with van der Waals surface area (Å²) < 4.78 is 23.6. The van der Waals surface area contributed by atoms with Crippen LogP contribution in [-0.2, 0) is 11.2 Å². The normalized spacial score (nSPS) is 13.8.